The van der Waals surface area contributed by atoms with Crippen LogP contribution in [0.1, 0.15) is 0 Å². The van der Waals surface area contributed by atoms with Gasteiger partial charge in [0.15, 0.2) is 14.7 Å². The molecule has 0 aliphatic carbocycles. The Morgan fingerprint density at radius 1 is 0.458 bits per heavy atom. The Hall–Kier alpha value is -1.84. The molecule has 0 radical (unpaired) electrons. The molecule has 0 aliphatic rings. The second-order valence-corrected chi connectivity index (χ2v) is 7.56. The van der Waals surface area contributed by atoms with E-state index in [1.54, 1.807) is 0 Å². The normalized spacial score (nSPS) is 11.5. The van der Waals surface area contributed by atoms with Crippen LogP contribution in [0, 0.1) is 0 Å². The first-order chi connectivity index (χ1) is 11.4. The molecular formula is C18H16F4PS. The first kappa shape index (κ1) is 18.5. The molecule has 3 rings (SSSR count). The van der Waals surface area contributed by atoms with Gasteiger partial charge in [-0.3, -0.25) is 0 Å². The van der Waals surface area contributed by atoms with Gasteiger partial charge in [0.1, 0.15) is 0 Å². The molecule has 0 nitrogen and oxygen atoms in total. The van der Waals surface area contributed by atoms with Gasteiger partial charge in [-0.2, -0.15) is 0 Å². The number of hydrogen-bond acceptors (Lipinski definition) is 0. The predicted molar refractivity (Wildman–Crippen MR) is 94.2 cm³/mol. The molecule has 3 aromatic rings. The molecule has 0 heterocycles. The quantitative estimate of drug-likeness (QED) is 0.263. The number of halogens is 4. The summed E-state index contributed by atoms with van der Waals surface area (Å²) in [7, 11) is -6.63. The van der Waals surface area contributed by atoms with Crippen LogP contribution in [0.4, 0.5) is 16.8 Å². The van der Waals surface area contributed by atoms with Crippen LogP contribution in [-0.4, -0.2) is 0 Å². The summed E-state index contributed by atoms with van der Waals surface area (Å²) in [5.41, 5.74) is 0. The van der Waals surface area contributed by atoms with Crippen molar-refractivity contribution in [2.75, 3.05) is 0 Å². The molecular weight excluding hydrogens is 355 g/mol. The van der Waals surface area contributed by atoms with Crippen LogP contribution in [0.15, 0.2) is 106 Å². The van der Waals surface area contributed by atoms with E-state index in [0.29, 0.717) is 0 Å². The monoisotopic (exact) mass is 371 g/mol. The largest absolute Gasteiger partial charge is 0.166 e. The first-order valence-electron chi connectivity index (χ1n) is 7.10. The van der Waals surface area contributed by atoms with Gasteiger partial charge in [0, 0.05) is 0 Å². The van der Waals surface area contributed by atoms with Crippen molar-refractivity contribution in [1.82, 2.24) is 0 Å². The SMILES string of the molecule is F[PH-](F)(F)F.c1ccc([S+](c2ccccc2)c2ccccc2)cc1. The van der Waals surface area contributed by atoms with Gasteiger partial charge in [-0.15, -0.1) is 0 Å². The van der Waals surface area contributed by atoms with Gasteiger partial charge in [-0.05, 0) is 36.4 Å². The molecule has 6 heteroatoms. The van der Waals surface area contributed by atoms with Crippen molar-refractivity contribution in [1.29, 1.82) is 0 Å². The summed E-state index contributed by atoms with van der Waals surface area (Å²) in [6, 6.07) is 32.2. The van der Waals surface area contributed by atoms with E-state index in [4.69, 9.17) is 0 Å². The Balaban J connectivity index is 0.000000368. The van der Waals surface area contributed by atoms with Gasteiger partial charge >= 0.3 is 25.3 Å². The minimum Gasteiger partial charge on any atom is -0.0619 e. The molecule has 0 aliphatic heterocycles. The van der Waals surface area contributed by atoms with E-state index >= 15 is 0 Å². The molecule has 0 fully saturated rings. The van der Waals surface area contributed by atoms with E-state index in [1.165, 1.54) is 14.7 Å². The molecule has 24 heavy (non-hydrogen) atoms. The third kappa shape index (κ3) is 6.34. The molecule has 0 saturated carbocycles. The molecule has 127 valence electrons. The Morgan fingerprint density at radius 2 is 0.667 bits per heavy atom. The number of hydrogen-bond donors (Lipinski definition) is 0. The van der Waals surface area contributed by atoms with Crippen LogP contribution >= 0.6 is 8.51 Å². The molecule has 3 aromatic carbocycles. The van der Waals surface area contributed by atoms with Gasteiger partial charge in [0.2, 0.25) is 0 Å². The van der Waals surface area contributed by atoms with E-state index in [0.717, 1.165) is 0 Å². The Kier molecular flexibility index (Phi) is 6.83. The average Bonchev–Trinajstić information content (AvgIpc) is 2.57. The predicted octanol–water partition coefficient (Wildman–Crippen LogP) is 7.06. The standard InChI is InChI=1S/C18H15S.F4HP/c1-4-10-16(11-5-1)19(17-12-6-2-7-13-17)18-14-8-3-9-15-18;1-5(2,3)4/h1-15H;5H/q+1;-1. The summed E-state index contributed by atoms with van der Waals surface area (Å²) in [5, 5.41) is 0. The van der Waals surface area contributed by atoms with Crippen molar-refractivity contribution < 1.29 is 16.8 Å². The van der Waals surface area contributed by atoms with Crippen molar-refractivity contribution in [3.05, 3.63) is 91.0 Å². The van der Waals surface area contributed by atoms with Crippen LogP contribution in [-0.2, 0) is 10.9 Å². The smallest absolute Gasteiger partial charge is 0.0619 e. The zero-order valence-corrected chi connectivity index (χ0v) is 14.4. The van der Waals surface area contributed by atoms with Gasteiger partial charge in [0.05, 0.1) is 10.9 Å². The fourth-order valence-electron chi connectivity index (χ4n) is 2.08. The maximum absolute atomic E-state index is 9.83. The van der Waals surface area contributed by atoms with E-state index in [2.05, 4.69) is 91.0 Å². The summed E-state index contributed by atoms with van der Waals surface area (Å²) in [5.74, 6) is 0. The third-order valence-corrected chi connectivity index (χ3v) is 5.17. The van der Waals surface area contributed by atoms with Crippen LogP contribution in [0.2, 0.25) is 0 Å². The number of benzene rings is 3. The van der Waals surface area contributed by atoms with Crippen molar-refractivity contribution in [3.8, 4) is 0 Å². The minimum absolute atomic E-state index is 0.0146. The van der Waals surface area contributed by atoms with E-state index in [-0.39, 0.29) is 10.9 Å². The minimum atomic E-state index is -6.61. The average molecular weight is 371 g/mol. The molecule has 0 saturated heterocycles. The summed E-state index contributed by atoms with van der Waals surface area (Å²) in [4.78, 5) is 4.08. The third-order valence-electron chi connectivity index (χ3n) is 2.94. The summed E-state index contributed by atoms with van der Waals surface area (Å²) < 4.78 is 39.3. The van der Waals surface area contributed by atoms with Gasteiger partial charge in [0.25, 0.3) is 0 Å². The first-order valence-corrected chi connectivity index (χ1v) is 9.84. The van der Waals surface area contributed by atoms with E-state index < -0.39 is 8.51 Å². The number of rotatable bonds is 3. The van der Waals surface area contributed by atoms with Crippen LogP contribution in [0.5, 0.6) is 0 Å². The maximum atomic E-state index is 9.83. The zero-order valence-electron chi connectivity index (χ0n) is 12.6. The van der Waals surface area contributed by atoms with Gasteiger partial charge in [-0.1, -0.05) is 54.6 Å². The molecule has 0 atom stereocenters. The van der Waals surface area contributed by atoms with Crippen molar-refractivity contribution in [3.63, 3.8) is 0 Å². The van der Waals surface area contributed by atoms with E-state index in [1.807, 2.05) is 0 Å². The van der Waals surface area contributed by atoms with E-state index in [9.17, 15) is 16.8 Å². The molecule has 0 bridgehead atoms. The van der Waals surface area contributed by atoms with Crippen molar-refractivity contribution >= 4 is 19.4 Å². The Bertz CT molecular complexity index is 618. The van der Waals surface area contributed by atoms with Gasteiger partial charge in [-0.25, -0.2) is 0 Å². The maximum Gasteiger partial charge on any atom is 0.166 e. The second kappa shape index (κ2) is 8.86. The molecule has 0 N–H and O–H groups in total. The van der Waals surface area contributed by atoms with Crippen LogP contribution < -0.4 is 0 Å². The van der Waals surface area contributed by atoms with Crippen molar-refractivity contribution in [2.45, 2.75) is 14.7 Å². The summed E-state index contributed by atoms with van der Waals surface area (Å²) in [6.07, 6.45) is 0. The molecule has 0 amide bonds. The van der Waals surface area contributed by atoms with Gasteiger partial charge < -0.3 is 0 Å². The second-order valence-electron chi connectivity index (χ2n) is 4.67. The van der Waals surface area contributed by atoms with Crippen LogP contribution in [0.3, 0.4) is 0 Å². The Labute approximate surface area is 142 Å². The molecule has 0 aromatic heterocycles. The topological polar surface area (TPSA) is 0 Å². The summed E-state index contributed by atoms with van der Waals surface area (Å²) in [6.45, 7) is 0. The fraction of sp³-hybridized carbons (Fsp3) is 0. The zero-order chi connectivity index (χ0) is 17.4. The summed E-state index contributed by atoms with van der Waals surface area (Å²) >= 11 is 0. The fourth-order valence-corrected chi connectivity index (χ4v) is 4.18. The molecule has 0 spiro atoms. The molecule has 0 unspecified atom stereocenters. The Morgan fingerprint density at radius 3 is 0.875 bits per heavy atom. The van der Waals surface area contributed by atoms with Crippen LogP contribution in [0.25, 0.3) is 0 Å². The van der Waals surface area contributed by atoms with Crippen molar-refractivity contribution in [2.24, 2.45) is 0 Å².